The number of aryl methyl sites for hydroxylation is 1. The highest BCUT2D eigenvalue weighted by Gasteiger charge is 2.27. The second kappa shape index (κ2) is 13.4. The topological polar surface area (TPSA) is 156 Å². The number of H-pyrrole nitrogens is 2. The van der Waals surface area contributed by atoms with Crippen molar-refractivity contribution < 1.29 is 14.6 Å². The Morgan fingerprint density at radius 1 is 1.02 bits per heavy atom. The number of aromatic hydroxyl groups is 1. The zero-order valence-electron chi connectivity index (χ0n) is 23.1. The van der Waals surface area contributed by atoms with Crippen molar-refractivity contribution in [2.24, 2.45) is 5.73 Å². The molecule has 2 aromatic heterocycles. The molecule has 2 heterocycles. The molecule has 0 spiro atoms. The molecule has 0 aliphatic heterocycles. The standard InChI is InChI=1S/C31H32ClN7O3/c1-2-3-9-27-34-28(29(32)35-27)26(42-31(41)25(33)17-19-10-13-22(40)14-11-19)18-20-12-15-23(21-7-5-4-6-8-21)24(16-20)30-36-38-39-37-30/h4-8,10-16,25-26,40H,2-3,9,17-18,33H2,1H3,(H,34,35)(H,36,37,38,39)/t25-,26-/m0/s1. The van der Waals surface area contributed by atoms with Crippen LogP contribution >= 0.6 is 11.6 Å². The van der Waals surface area contributed by atoms with E-state index in [1.807, 2.05) is 48.5 Å². The largest absolute Gasteiger partial charge is 0.508 e. The monoisotopic (exact) mass is 585 g/mol. The van der Waals surface area contributed by atoms with Crippen LogP contribution in [-0.4, -0.2) is 47.7 Å². The smallest absolute Gasteiger partial charge is 0.323 e. The number of aromatic amines is 2. The van der Waals surface area contributed by atoms with E-state index < -0.39 is 18.1 Å². The van der Waals surface area contributed by atoms with Gasteiger partial charge in [-0.05, 0) is 58.5 Å². The van der Waals surface area contributed by atoms with Gasteiger partial charge in [0.25, 0.3) is 0 Å². The molecule has 0 unspecified atom stereocenters. The van der Waals surface area contributed by atoms with Crippen molar-refractivity contribution in [3.63, 3.8) is 0 Å². The van der Waals surface area contributed by atoms with Gasteiger partial charge in [0.15, 0.2) is 5.15 Å². The average Bonchev–Trinajstić information content (AvgIpc) is 3.67. The number of hydrogen-bond donors (Lipinski definition) is 4. The molecule has 3 aromatic carbocycles. The molecule has 0 saturated heterocycles. The predicted molar refractivity (Wildman–Crippen MR) is 160 cm³/mol. The quantitative estimate of drug-likeness (QED) is 0.143. The molecule has 0 bridgehead atoms. The number of aromatic nitrogens is 6. The molecule has 0 fully saturated rings. The normalized spacial score (nSPS) is 12.6. The lowest BCUT2D eigenvalue weighted by molar-refractivity contribution is -0.151. The van der Waals surface area contributed by atoms with E-state index in [1.54, 1.807) is 24.3 Å². The molecule has 216 valence electrons. The summed E-state index contributed by atoms with van der Waals surface area (Å²) in [6.07, 6.45) is 2.44. The van der Waals surface area contributed by atoms with Gasteiger partial charge in [0.2, 0.25) is 5.82 Å². The number of unbranched alkanes of at least 4 members (excludes halogenated alkanes) is 1. The van der Waals surface area contributed by atoms with Crippen molar-refractivity contribution in [2.75, 3.05) is 0 Å². The van der Waals surface area contributed by atoms with Gasteiger partial charge >= 0.3 is 5.97 Å². The van der Waals surface area contributed by atoms with Crippen LogP contribution in [0.3, 0.4) is 0 Å². The van der Waals surface area contributed by atoms with Crippen molar-refractivity contribution >= 4 is 17.6 Å². The molecular formula is C31H32ClN7O3. The van der Waals surface area contributed by atoms with Gasteiger partial charge in [-0.3, -0.25) is 4.79 Å². The average molecular weight is 586 g/mol. The highest BCUT2D eigenvalue weighted by molar-refractivity contribution is 6.30. The zero-order valence-corrected chi connectivity index (χ0v) is 23.9. The summed E-state index contributed by atoms with van der Waals surface area (Å²) in [6.45, 7) is 2.10. The number of halogens is 1. The van der Waals surface area contributed by atoms with Gasteiger partial charge in [-0.25, -0.2) is 4.98 Å². The summed E-state index contributed by atoms with van der Waals surface area (Å²) in [5.41, 5.74) is 11.2. The van der Waals surface area contributed by atoms with Gasteiger partial charge in [0.1, 0.15) is 23.7 Å². The van der Waals surface area contributed by atoms with Crippen molar-refractivity contribution in [2.45, 2.75) is 51.2 Å². The van der Waals surface area contributed by atoms with Gasteiger partial charge in [0.05, 0.1) is 5.69 Å². The van der Waals surface area contributed by atoms with Crippen molar-refractivity contribution in [1.29, 1.82) is 0 Å². The maximum Gasteiger partial charge on any atom is 0.323 e. The minimum atomic E-state index is -0.923. The Morgan fingerprint density at radius 2 is 1.79 bits per heavy atom. The van der Waals surface area contributed by atoms with Crippen LogP contribution in [0.15, 0.2) is 72.8 Å². The third-order valence-corrected chi connectivity index (χ3v) is 7.24. The highest BCUT2D eigenvalue weighted by Crippen LogP contribution is 2.34. The first-order valence-electron chi connectivity index (χ1n) is 13.8. The lowest BCUT2D eigenvalue weighted by atomic mass is 9.95. The lowest BCUT2D eigenvalue weighted by Gasteiger charge is -2.21. The van der Waals surface area contributed by atoms with Crippen LogP contribution in [0.1, 0.15) is 48.5 Å². The number of hydrogen-bond acceptors (Lipinski definition) is 8. The number of phenolic OH excluding ortho intramolecular Hbond substituents is 1. The van der Waals surface area contributed by atoms with Crippen molar-refractivity contribution in [3.05, 3.63) is 101 Å². The summed E-state index contributed by atoms with van der Waals surface area (Å²) in [7, 11) is 0. The molecule has 11 heteroatoms. The van der Waals surface area contributed by atoms with E-state index in [1.165, 1.54) is 0 Å². The summed E-state index contributed by atoms with van der Waals surface area (Å²) >= 11 is 6.59. The second-order valence-electron chi connectivity index (χ2n) is 10.1. The van der Waals surface area contributed by atoms with Crippen LogP contribution in [0, 0.1) is 0 Å². The first kappa shape index (κ1) is 29.0. The molecule has 5 aromatic rings. The summed E-state index contributed by atoms with van der Waals surface area (Å²) < 4.78 is 6.02. The Bertz CT molecular complexity index is 1610. The van der Waals surface area contributed by atoms with Crippen LogP contribution < -0.4 is 5.73 Å². The molecule has 0 aliphatic rings. The Labute approximate surface area is 248 Å². The van der Waals surface area contributed by atoms with E-state index in [2.05, 4.69) is 37.5 Å². The number of phenols is 1. The van der Waals surface area contributed by atoms with Gasteiger partial charge < -0.3 is 20.6 Å². The van der Waals surface area contributed by atoms with E-state index in [0.29, 0.717) is 17.9 Å². The van der Waals surface area contributed by atoms with Gasteiger partial charge in [-0.2, -0.15) is 5.21 Å². The SMILES string of the molecule is CCCCc1nc(Cl)c([C@H](Cc2ccc(-c3ccccc3)c(-c3nn[nH]n3)c2)OC(=O)[C@@H](N)Cc2ccc(O)cc2)[nH]1. The summed E-state index contributed by atoms with van der Waals surface area (Å²) in [5.74, 6) is 0.745. The van der Waals surface area contributed by atoms with E-state index in [9.17, 15) is 9.90 Å². The van der Waals surface area contributed by atoms with E-state index in [-0.39, 0.29) is 17.3 Å². The molecule has 5 N–H and O–H groups in total. The van der Waals surface area contributed by atoms with Crippen LogP contribution in [0.4, 0.5) is 0 Å². The predicted octanol–water partition coefficient (Wildman–Crippen LogP) is 5.36. The number of rotatable bonds is 12. The molecule has 2 atom stereocenters. The lowest BCUT2D eigenvalue weighted by Crippen LogP contribution is -2.35. The fourth-order valence-corrected chi connectivity index (χ4v) is 5.02. The van der Waals surface area contributed by atoms with Gasteiger partial charge in [-0.15, -0.1) is 10.2 Å². The molecule has 42 heavy (non-hydrogen) atoms. The number of carbonyl (C=O) groups is 1. The van der Waals surface area contributed by atoms with Gasteiger partial charge in [-0.1, -0.05) is 79.5 Å². The van der Waals surface area contributed by atoms with Crippen LogP contribution in [-0.2, 0) is 28.8 Å². The molecule has 10 nitrogen and oxygen atoms in total. The Morgan fingerprint density at radius 3 is 2.50 bits per heavy atom. The summed E-state index contributed by atoms with van der Waals surface area (Å²) in [6, 6.07) is 21.5. The Hall–Kier alpha value is -4.54. The number of nitrogens with one attached hydrogen (secondary N) is 2. The zero-order chi connectivity index (χ0) is 29.5. The Kier molecular flexibility index (Phi) is 9.25. The van der Waals surface area contributed by atoms with E-state index in [0.717, 1.165) is 52.9 Å². The fourth-order valence-electron chi connectivity index (χ4n) is 4.75. The van der Waals surface area contributed by atoms with Crippen LogP contribution in [0.25, 0.3) is 22.5 Å². The number of ether oxygens (including phenoxy) is 1. The van der Waals surface area contributed by atoms with Crippen molar-refractivity contribution in [3.8, 4) is 28.3 Å². The minimum absolute atomic E-state index is 0.140. The number of benzene rings is 3. The third-order valence-electron chi connectivity index (χ3n) is 6.95. The first-order valence-corrected chi connectivity index (χ1v) is 14.2. The number of esters is 1. The van der Waals surface area contributed by atoms with Gasteiger partial charge in [0, 0.05) is 18.4 Å². The van der Waals surface area contributed by atoms with E-state index >= 15 is 0 Å². The molecule has 0 amide bonds. The minimum Gasteiger partial charge on any atom is -0.508 e. The van der Waals surface area contributed by atoms with Crippen LogP contribution in [0.2, 0.25) is 5.15 Å². The fraction of sp³-hybridized carbons (Fsp3) is 0.258. The number of imidazole rings is 1. The summed E-state index contributed by atoms with van der Waals surface area (Å²) in [4.78, 5) is 21.0. The molecular weight excluding hydrogens is 554 g/mol. The maximum atomic E-state index is 13.3. The number of tetrazole rings is 1. The van der Waals surface area contributed by atoms with Crippen LogP contribution in [0.5, 0.6) is 5.75 Å². The number of carbonyl (C=O) groups excluding carboxylic acids is 1. The number of nitrogens with zero attached hydrogens (tertiary/aromatic N) is 4. The molecule has 0 saturated carbocycles. The highest BCUT2D eigenvalue weighted by atomic mass is 35.5. The molecule has 0 radical (unpaired) electrons. The van der Waals surface area contributed by atoms with E-state index in [4.69, 9.17) is 22.1 Å². The first-order chi connectivity index (χ1) is 20.4. The number of nitrogens with two attached hydrogens (primary N) is 1. The maximum absolute atomic E-state index is 13.3. The molecule has 0 aliphatic carbocycles. The summed E-state index contributed by atoms with van der Waals surface area (Å²) in [5, 5.41) is 24.5. The second-order valence-corrected chi connectivity index (χ2v) is 10.4. The third kappa shape index (κ3) is 7.02. The molecule has 5 rings (SSSR count). The van der Waals surface area contributed by atoms with Crippen molar-refractivity contribution in [1.82, 2.24) is 30.6 Å². The Balaban J connectivity index is 1.45.